The number of methoxy groups -OCH3 is 1. The molecule has 0 aliphatic carbocycles. The van der Waals surface area contributed by atoms with Gasteiger partial charge in [0.25, 0.3) is 0 Å². The Hall–Kier alpha value is -0.120. The van der Waals surface area contributed by atoms with Gasteiger partial charge in [0, 0.05) is 20.2 Å². The second-order valence-electron chi connectivity index (χ2n) is 6.30. The maximum Gasteiger partial charge on any atom is 0.0829 e. The molecule has 106 valence electrons. The van der Waals surface area contributed by atoms with Crippen molar-refractivity contribution in [2.24, 2.45) is 5.41 Å². The highest BCUT2D eigenvalue weighted by Crippen LogP contribution is 2.38. The van der Waals surface area contributed by atoms with E-state index in [1.807, 2.05) is 7.11 Å². The highest BCUT2D eigenvalue weighted by Gasteiger charge is 2.40. The molecule has 2 saturated heterocycles. The molecule has 0 aromatic heterocycles. The molecule has 0 unspecified atom stereocenters. The van der Waals surface area contributed by atoms with Crippen molar-refractivity contribution in [2.75, 3.05) is 39.8 Å². The standard InChI is InChI=1S/C15H30N2O/c1-4-14(5-2)8-11-17(12-14)13-15(18-3)6-9-16-10-7-15/h16H,4-13H2,1-3H3. The molecule has 2 aliphatic heterocycles. The Morgan fingerprint density at radius 2 is 1.78 bits per heavy atom. The maximum atomic E-state index is 5.89. The molecule has 0 amide bonds. The Bertz CT molecular complexity index is 257. The predicted octanol–water partition coefficient (Wildman–Crippen LogP) is 2.27. The summed E-state index contributed by atoms with van der Waals surface area (Å²) in [4.78, 5) is 2.65. The van der Waals surface area contributed by atoms with Crippen LogP contribution < -0.4 is 5.32 Å². The third-order valence-electron chi connectivity index (χ3n) is 5.48. The minimum atomic E-state index is 0.114. The Labute approximate surface area is 112 Å². The summed E-state index contributed by atoms with van der Waals surface area (Å²) < 4.78 is 5.89. The Morgan fingerprint density at radius 1 is 1.11 bits per heavy atom. The zero-order chi connectivity index (χ0) is 13.1. The Kier molecular flexibility index (Phi) is 4.68. The van der Waals surface area contributed by atoms with Crippen LogP contribution in [0.5, 0.6) is 0 Å². The van der Waals surface area contributed by atoms with Crippen molar-refractivity contribution in [1.29, 1.82) is 0 Å². The van der Waals surface area contributed by atoms with E-state index in [9.17, 15) is 0 Å². The minimum absolute atomic E-state index is 0.114. The first-order valence-electron chi connectivity index (χ1n) is 7.66. The Balaban J connectivity index is 1.93. The summed E-state index contributed by atoms with van der Waals surface area (Å²) in [5.41, 5.74) is 0.699. The number of hydrogen-bond donors (Lipinski definition) is 1. The first-order valence-corrected chi connectivity index (χ1v) is 7.66. The fraction of sp³-hybridized carbons (Fsp3) is 1.00. The molecule has 0 radical (unpaired) electrons. The highest BCUT2D eigenvalue weighted by molar-refractivity contribution is 4.94. The topological polar surface area (TPSA) is 24.5 Å². The third-order valence-corrected chi connectivity index (χ3v) is 5.48. The summed E-state index contributed by atoms with van der Waals surface area (Å²) in [6, 6.07) is 0. The van der Waals surface area contributed by atoms with Crippen LogP contribution in [0.1, 0.15) is 46.0 Å². The molecule has 18 heavy (non-hydrogen) atoms. The summed E-state index contributed by atoms with van der Waals surface area (Å²) in [5, 5.41) is 3.44. The van der Waals surface area contributed by atoms with E-state index in [1.165, 1.54) is 32.4 Å². The molecule has 2 heterocycles. The number of ether oxygens (including phenoxy) is 1. The number of nitrogens with zero attached hydrogens (tertiary/aromatic N) is 1. The number of nitrogens with one attached hydrogen (secondary N) is 1. The predicted molar refractivity (Wildman–Crippen MR) is 75.9 cm³/mol. The van der Waals surface area contributed by atoms with Crippen LogP contribution in [-0.2, 0) is 4.74 Å². The second kappa shape index (κ2) is 5.89. The quantitative estimate of drug-likeness (QED) is 0.814. The van der Waals surface area contributed by atoms with Gasteiger partial charge in [-0.3, -0.25) is 4.90 Å². The molecule has 1 N–H and O–H groups in total. The molecule has 2 rings (SSSR count). The molecular weight excluding hydrogens is 224 g/mol. The monoisotopic (exact) mass is 254 g/mol. The summed E-state index contributed by atoms with van der Waals surface area (Å²) >= 11 is 0. The molecule has 0 atom stereocenters. The van der Waals surface area contributed by atoms with Crippen LogP contribution in [0.3, 0.4) is 0 Å². The lowest BCUT2D eigenvalue weighted by atomic mass is 9.82. The normalized spacial score (nSPS) is 27.5. The Morgan fingerprint density at radius 3 is 2.28 bits per heavy atom. The van der Waals surface area contributed by atoms with Gasteiger partial charge in [-0.1, -0.05) is 13.8 Å². The van der Waals surface area contributed by atoms with Crippen LogP contribution in [0.4, 0.5) is 0 Å². The summed E-state index contributed by atoms with van der Waals surface area (Å²) in [6.45, 7) is 10.6. The average Bonchev–Trinajstić information content (AvgIpc) is 2.84. The largest absolute Gasteiger partial charge is 0.377 e. The lowest BCUT2D eigenvalue weighted by molar-refractivity contribution is -0.0551. The van der Waals surface area contributed by atoms with Gasteiger partial charge in [0.05, 0.1) is 5.60 Å². The van der Waals surface area contributed by atoms with Gasteiger partial charge in [-0.15, -0.1) is 0 Å². The van der Waals surface area contributed by atoms with E-state index in [1.54, 1.807) is 0 Å². The number of hydrogen-bond acceptors (Lipinski definition) is 3. The third kappa shape index (κ3) is 2.89. The number of rotatable bonds is 5. The average molecular weight is 254 g/mol. The first kappa shape index (κ1) is 14.3. The molecule has 0 bridgehead atoms. The lowest BCUT2D eigenvalue weighted by Gasteiger charge is -2.39. The van der Waals surface area contributed by atoms with Crippen molar-refractivity contribution in [3.05, 3.63) is 0 Å². The van der Waals surface area contributed by atoms with Gasteiger partial charge < -0.3 is 10.1 Å². The molecule has 2 aliphatic rings. The van der Waals surface area contributed by atoms with E-state index < -0.39 is 0 Å². The van der Waals surface area contributed by atoms with Crippen molar-refractivity contribution in [2.45, 2.75) is 51.6 Å². The highest BCUT2D eigenvalue weighted by atomic mass is 16.5. The maximum absolute atomic E-state index is 5.89. The van der Waals surface area contributed by atoms with Crippen LogP contribution in [0.25, 0.3) is 0 Å². The SMILES string of the molecule is CCC1(CC)CCN(CC2(OC)CCNCC2)C1. The number of piperidine rings is 1. The zero-order valence-electron chi connectivity index (χ0n) is 12.4. The van der Waals surface area contributed by atoms with Gasteiger partial charge in [-0.05, 0) is 57.2 Å². The van der Waals surface area contributed by atoms with E-state index in [2.05, 4.69) is 24.1 Å². The van der Waals surface area contributed by atoms with Crippen LogP contribution >= 0.6 is 0 Å². The summed E-state index contributed by atoms with van der Waals surface area (Å²) in [6.07, 6.45) is 6.33. The summed E-state index contributed by atoms with van der Waals surface area (Å²) in [7, 11) is 1.90. The molecule has 3 nitrogen and oxygen atoms in total. The molecule has 0 aromatic rings. The van der Waals surface area contributed by atoms with Gasteiger partial charge in [-0.25, -0.2) is 0 Å². The van der Waals surface area contributed by atoms with Gasteiger partial charge >= 0.3 is 0 Å². The van der Waals surface area contributed by atoms with E-state index in [-0.39, 0.29) is 5.60 Å². The number of likely N-dealkylation sites (tertiary alicyclic amines) is 1. The van der Waals surface area contributed by atoms with Gasteiger partial charge in [0.1, 0.15) is 0 Å². The van der Waals surface area contributed by atoms with E-state index in [4.69, 9.17) is 4.74 Å². The van der Waals surface area contributed by atoms with E-state index >= 15 is 0 Å². The molecular formula is C15H30N2O. The molecule has 0 aromatic carbocycles. The van der Waals surface area contributed by atoms with Crippen LogP contribution in [0.2, 0.25) is 0 Å². The van der Waals surface area contributed by atoms with E-state index in [0.29, 0.717) is 5.41 Å². The second-order valence-corrected chi connectivity index (χ2v) is 6.30. The van der Waals surface area contributed by atoms with Crippen molar-refractivity contribution < 1.29 is 4.74 Å². The van der Waals surface area contributed by atoms with Crippen molar-refractivity contribution in [3.63, 3.8) is 0 Å². The van der Waals surface area contributed by atoms with Crippen molar-refractivity contribution >= 4 is 0 Å². The first-order chi connectivity index (χ1) is 8.67. The zero-order valence-corrected chi connectivity index (χ0v) is 12.4. The lowest BCUT2D eigenvalue weighted by Crippen LogP contribution is -2.50. The van der Waals surface area contributed by atoms with Gasteiger partial charge in [0.2, 0.25) is 0 Å². The van der Waals surface area contributed by atoms with Crippen molar-refractivity contribution in [1.82, 2.24) is 10.2 Å². The minimum Gasteiger partial charge on any atom is -0.377 e. The molecule has 2 fully saturated rings. The van der Waals surface area contributed by atoms with E-state index in [0.717, 1.165) is 32.5 Å². The smallest absolute Gasteiger partial charge is 0.0829 e. The summed E-state index contributed by atoms with van der Waals surface area (Å²) in [5.74, 6) is 0. The fourth-order valence-corrected chi connectivity index (χ4v) is 3.71. The van der Waals surface area contributed by atoms with Crippen LogP contribution in [0.15, 0.2) is 0 Å². The molecule has 3 heteroatoms. The van der Waals surface area contributed by atoms with Gasteiger partial charge in [-0.2, -0.15) is 0 Å². The molecule has 0 spiro atoms. The van der Waals surface area contributed by atoms with Gasteiger partial charge in [0.15, 0.2) is 0 Å². The molecule has 0 saturated carbocycles. The fourth-order valence-electron chi connectivity index (χ4n) is 3.71. The van der Waals surface area contributed by atoms with Crippen molar-refractivity contribution in [3.8, 4) is 0 Å². The van der Waals surface area contributed by atoms with Crippen LogP contribution in [-0.4, -0.2) is 50.3 Å². The van der Waals surface area contributed by atoms with Crippen LogP contribution in [0, 0.1) is 5.41 Å².